The van der Waals surface area contributed by atoms with Crippen molar-refractivity contribution in [2.45, 2.75) is 10.9 Å². The second kappa shape index (κ2) is 10.8. The third-order valence-electron chi connectivity index (χ3n) is 6.21. The number of rotatable bonds is 8. The number of hydrogen-bond donors (Lipinski definition) is 1. The quantitative estimate of drug-likeness (QED) is 0.176. The third-order valence-corrected chi connectivity index (χ3v) is 8.12. The van der Waals surface area contributed by atoms with Crippen LogP contribution in [0.15, 0.2) is 59.0 Å². The molecular weight excluding hydrogens is 506 g/mol. The number of ketones is 1. The number of carbonyl (C=O) groups is 2. The van der Waals surface area contributed by atoms with Crippen molar-refractivity contribution >= 4 is 33.2 Å². The molecular formula is C24H25N3O9S. The van der Waals surface area contributed by atoms with Gasteiger partial charge < -0.3 is 19.5 Å². The lowest BCUT2D eigenvalue weighted by atomic mass is 9.95. The van der Waals surface area contributed by atoms with E-state index < -0.39 is 38.4 Å². The summed E-state index contributed by atoms with van der Waals surface area (Å²) in [6.45, 7) is 1.11. The molecule has 0 aliphatic carbocycles. The fraction of sp³-hybridized carbons (Fsp3) is 0.333. The van der Waals surface area contributed by atoms with Crippen LogP contribution < -0.4 is 0 Å². The zero-order valence-electron chi connectivity index (χ0n) is 19.9. The smallest absolute Gasteiger partial charge is 0.295 e. The molecule has 37 heavy (non-hydrogen) atoms. The van der Waals surface area contributed by atoms with Gasteiger partial charge in [-0.3, -0.25) is 19.7 Å². The molecule has 2 aliphatic heterocycles. The first-order chi connectivity index (χ1) is 17.7. The predicted molar refractivity (Wildman–Crippen MR) is 130 cm³/mol. The summed E-state index contributed by atoms with van der Waals surface area (Å²) < 4.78 is 37.4. The number of nitrogens with zero attached hydrogens (tertiary/aromatic N) is 3. The summed E-state index contributed by atoms with van der Waals surface area (Å²) in [7, 11) is -2.36. The number of nitro benzene ring substituents is 1. The first kappa shape index (κ1) is 26.4. The molecule has 0 saturated carbocycles. The van der Waals surface area contributed by atoms with Gasteiger partial charge in [0.05, 0.1) is 41.3 Å². The molecule has 0 bridgehead atoms. The first-order valence-electron chi connectivity index (χ1n) is 11.4. The van der Waals surface area contributed by atoms with E-state index in [1.54, 1.807) is 0 Å². The molecule has 0 radical (unpaired) electrons. The van der Waals surface area contributed by atoms with Crippen LogP contribution in [0.3, 0.4) is 0 Å². The molecule has 1 atom stereocenters. The summed E-state index contributed by atoms with van der Waals surface area (Å²) in [5.74, 6) is -2.37. The molecule has 0 aromatic heterocycles. The topological polar surface area (TPSA) is 157 Å². The van der Waals surface area contributed by atoms with E-state index in [0.717, 1.165) is 0 Å². The number of sulfonamides is 1. The van der Waals surface area contributed by atoms with Gasteiger partial charge in [-0.05, 0) is 29.8 Å². The lowest BCUT2D eigenvalue weighted by molar-refractivity contribution is -0.384. The van der Waals surface area contributed by atoms with Gasteiger partial charge >= 0.3 is 0 Å². The van der Waals surface area contributed by atoms with Crippen molar-refractivity contribution in [2.75, 3.05) is 46.6 Å². The van der Waals surface area contributed by atoms with Crippen LogP contribution in [0.1, 0.15) is 17.2 Å². The molecule has 2 aromatic carbocycles. The SMILES string of the molecule is COCCN1C(=O)C(=O)C(=C(O)c2ccc(S(=O)(=O)N3CCOCC3)cc2)[C@H]1c1cccc([N+](=O)[O-])c1. The summed E-state index contributed by atoms with van der Waals surface area (Å²) in [6, 6.07) is 9.66. The predicted octanol–water partition coefficient (Wildman–Crippen LogP) is 1.68. The van der Waals surface area contributed by atoms with Crippen molar-refractivity contribution in [1.29, 1.82) is 0 Å². The van der Waals surface area contributed by atoms with Gasteiger partial charge in [0, 0.05) is 44.4 Å². The van der Waals surface area contributed by atoms with Crippen LogP contribution in [0.5, 0.6) is 0 Å². The number of benzene rings is 2. The second-order valence-electron chi connectivity index (χ2n) is 8.38. The lowest BCUT2D eigenvalue weighted by Crippen LogP contribution is -2.40. The monoisotopic (exact) mass is 531 g/mol. The zero-order chi connectivity index (χ0) is 26.7. The fourth-order valence-corrected chi connectivity index (χ4v) is 5.74. The van der Waals surface area contributed by atoms with Crippen molar-refractivity contribution in [3.8, 4) is 0 Å². The number of Topliss-reactive ketones (excluding diaryl/α,β-unsaturated/α-hetero) is 1. The maximum Gasteiger partial charge on any atom is 0.295 e. The number of methoxy groups -OCH3 is 1. The van der Waals surface area contributed by atoms with E-state index in [2.05, 4.69) is 0 Å². The lowest BCUT2D eigenvalue weighted by Gasteiger charge is -2.26. The number of likely N-dealkylation sites (tertiary alicyclic amines) is 1. The van der Waals surface area contributed by atoms with E-state index in [4.69, 9.17) is 9.47 Å². The van der Waals surface area contributed by atoms with Crippen LogP contribution in [-0.2, 0) is 29.1 Å². The number of carbonyl (C=O) groups excluding carboxylic acids is 2. The highest BCUT2D eigenvalue weighted by molar-refractivity contribution is 7.89. The van der Waals surface area contributed by atoms with Gasteiger partial charge in [-0.25, -0.2) is 8.42 Å². The maximum absolute atomic E-state index is 13.0. The van der Waals surface area contributed by atoms with Gasteiger partial charge in [-0.15, -0.1) is 0 Å². The average Bonchev–Trinajstić information content (AvgIpc) is 3.17. The standard InChI is InChI=1S/C24H25N3O9S/c1-35-12-11-26-21(17-3-2-4-18(15-17)27(31)32)20(23(29)24(26)30)22(28)16-5-7-19(8-6-16)37(33,34)25-9-13-36-14-10-25/h2-8,15,21,28H,9-14H2,1H3/t21-/m1/s1. The Kier molecular flexibility index (Phi) is 7.68. The number of amides is 1. The third kappa shape index (κ3) is 5.11. The highest BCUT2D eigenvalue weighted by atomic mass is 32.2. The summed E-state index contributed by atoms with van der Waals surface area (Å²) in [4.78, 5) is 37.8. The van der Waals surface area contributed by atoms with Crippen molar-refractivity contribution in [3.63, 3.8) is 0 Å². The van der Waals surface area contributed by atoms with E-state index in [1.807, 2.05) is 0 Å². The van der Waals surface area contributed by atoms with Gasteiger partial charge in [0.25, 0.3) is 17.4 Å². The molecule has 1 amide bonds. The zero-order valence-corrected chi connectivity index (χ0v) is 20.7. The maximum atomic E-state index is 13.0. The molecule has 2 heterocycles. The molecule has 2 aliphatic rings. The van der Waals surface area contributed by atoms with Gasteiger partial charge in [-0.2, -0.15) is 4.31 Å². The summed E-state index contributed by atoms with van der Waals surface area (Å²) in [5, 5.41) is 22.5. The number of aliphatic hydroxyl groups is 1. The Hall–Kier alpha value is -3.65. The molecule has 0 spiro atoms. The van der Waals surface area contributed by atoms with E-state index in [0.29, 0.717) is 13.2 Å². The number of aliphatic hydroxyl groups excluding tert-OH is 1. The number of morpholine rings is 1. The van der Waals surface area contributed by atoms with Crippen LogP contribution in [0, 0.1) is 10.1 Å². The molecule has 1 N–H and O–H groups in total. The minimum absolute atomic E-state index is 0.00160. The van der Waals surface area contributed by atoms with Crippen LogP contribution in [-0.4, -0.2) is 85.9 Å². The Morgan fingerprint density at radius 1 is 1.16 bits per heavy atom. The largest absolute Gasteiger partial charge is 0.507 e. The summed E-state index contributed by atoms with van der Waals surface area (Å²) in [5.41, 5.74) is -0.128. The Morgan fingerprint density at radius 2 is 1.84 bits per heavy atom. The van der Waals surface area contributed by atoms with Gasteiger partial charge in [0.1, 0.15) is 5.76 Å². The first-order valence-corrected chi connectivity index (χ1v) is 12.8. The van der Waals surface area contributed by atoms with E-state index >= 15 is 0 Å². The average molecular weight is 532 g/mol. The highest BCUT2D eigenvalue weighted by Crippen LogP contribution is 2.40. The Bertz CT molecular complexity index is 1350. The molecule has 4 rings (SSSR count). The van der Waals surface area contributed by atoms with Crippen molar-refractivity contribution in [1.82, 2.24) is 9.21 Å². The number of nitro groups is 1. The van der Waals surface area contributed by atoms with E-state index in [9.17, 15) is 33.2 Å². The van der Waals surface area contributed by atoms with E-state index in [1.165, 1.54) is 64.8 Å². The van der Waals surface area contributed by atoms with Crippen LogP contribution in [0.4, 0.5) is 5.69 Å². The molecule has 2 saturated heterocycles. The number of hydrogen-bond acceptors (Lipinski definition) is 9. The Balaban J connectivity index is 1.76. The molecule has 2 aromatic rings. The Labute approximate surface area is 212 Å². The molecule has 12 nitrogen and oxygen atoms in total. The molecule has 0 unspecified atom stereocenters. The van der Waals surface area contributed by atoms with E-state index in [-0.39, 0.29) is 53.5 Å². The van der Waals surface area contributed by atoms with Crippen molar-refractivity contribution in [2.24, 2.45) is 0 Å². The van der Waals surface area contributed by atoms with Crippen LogP contribution in [0.2, 0.25) is 0 Å². The van der Waals surface area contributed by atoms with Crippen molar-refractivity contribution < 1.29 is 37.5 Å². The van der Waals surface area contributed by atoms with Gasteiger partial charge in [0.2, 0.25) is 10.0 Å². The number of ether oxygens (including phenoxy) is 2. The fourth-order valence-electron chi connectivity index (χ4n) is 4.33. The molecule has 2 fully saturated rings. The Morgan fingerprint density at radius 3 is 2.46 bits per heavy atom. The van der Waals surface area contributed by atoms with Gasteiger partial charge in [-0.1, -0.05) is 12.1 Å². The second-order valence-corrected chi connectivity index (χ2v) is 10.3. The number of non-ortho nitro benzene ring substituents is 1. The van der Waals surface area contributed by atoms with Crippen LogP contribution in [0.25, 0.3) is 5.76 Å². The summed E-state index contributed by atoms with van der Waals surface area (Å²) >= 11 is 0. The molecule has 13 heteroatoms. The van der Waals surface area contributed by atoms with Crippen LogP contribution >= 0.6 is 0 Å². The minimum atomic E-state index is -3.78. The summed E-state index contributed by atoms with van der Waals surface area (Å²) in [6.07, 6.45) is 0. The minimum Gasteiger partial charge on any atom is -0.507 e. The highest BCUT2D eigenvalue weighted by Gasteiger charge is 2.46. The van der Waals surface area contributed by atoms with Crippen molar-refractivity contribution in [3.05, 3.63) is 75.3 Å². The normalized spacial score (nSPS) is 20.4. The van der Waals surface area contributed by atoms with Gasteiger partial charge in [0.15, 0.2) is 0 Å². The molecule has 196 valence electrons.